The van der Waals surface area contributed by atoms with Crippen LogP contribution in [-0.2, 0) is 14.3 Å². The number of fused-ring (bicyclic) bond motifs is 1. The van der Waals surface area contributed by atoms with Crippen LogP contribution in [0.1, 0.15) is 18.4 Å². The highest BCUT2D eigenvalue weighted by atomic mass is 16.5. The molecule has 1 saturated heterocycles. The summed E-state index contributed by atoms with van der Waals surface area (Å²) < 4.78 is 5.34. The van der Waals surface area contributed by atoms with Crippen molar-refractivity contribution in [3.8, 4) is 0 Å². The van der Waals surface area contributed by atoms with E-state index in [9.17, 15) is 9.59 Å². The number of amides is 2. The molecule has 0 atom stereocenters. The van der Waals surface area contributed by atoms with E-state index in [-0.39, 0.29) is 11.8 Å². The third-order valence-corrected chi connectivity index (χ3v) is 4.68. The van der Waals surface area contributed by atoms with Crippen LogP contribution in [0.5, 0.6) is 0 Å². The summed E-state index contributed by atoms with van der Waals surface area (Å²) in [5.74, 6) is -0.0494. The number of hydrogen-bond donors (Lipinski definition) is 1. The molecule has 23 heavy (non-hydrogen) atoms. The third-order valence-electron chi connectivity index (χ3n) is 4.68. The summed E-state index contributed by atoms with van der Waals surface area (Å²) >= 11 is 0. The number of benzene rings is 1. The van der Waals surface area contributed by atoms with E-state index in [1.165, 1.54) is 11.0 Å². The van der Waals surface area contributed by atoms with Gasteiger partial charge in [0.2, 0.25) is 0 Å². The molecule has 0 aliphatic carbocycles. The van der Waals surface area contributed by atoms with Crippen molar-refractivity contribution >= 4 is 28.3 Å². The van der Waals surface area contributed by atoms with Crippen molar-refractivity contribution in [1.29, 1.82) is 0 Å². The summed E-state index contributed by atoms with van der Waals surface area (Å²) in [5.41, 5.74) is 2.27. The number of aromatic amines is 1. The van der Waals surface area contributed by atoms with Crippen LogP contribution in [0.15, 0.2) is 36.5 Å². The summed E-state index contributed by atoms with van der Waals surface area (Å²) in [4.78, 5) is 29.6. The second kappa shape index (κ2) is 5.66. The predicted molar refractivity (Wildman–Crippen MR) is 86.5 cm³/mol. The molecule has 118 valence electrons. The standard InChI is InChI=1S/C18H18N2O3/c21-17-10-15(13-2-1-3-16-14(13)4-7-19-16)18(22)20(17)11-12-5-8-23-9-6-12/h1-4,7,10,12,19H,5-6,8-9,11H2. The number of aromatic nitrogens is 1. The van der Waals surface area contributed by atoms with Gasteiger partial charge in [0.25, 0.3) is 11.8 Å². The van der Waals surface area contributed by atoms with Crippen molar-refractivity contribution < 1.29 is 14.3 Å². The van der Waals surface area contributed by atoms with Crippen LogP contribution < -0.4 is 0 Å². The average molecular weight is 310 g/mol. The second-order valence-corrected chi connectivity index (χ2v) is 6.11. The quantitative estimate of drug-likeness (QED) is 0.885. The summed E-state index contributed by atoms with van der Waals surface area (Å²) in [6.07, 6.45) is 5.12. The maximum Gasteiger partial charge on any atom is 0.261 e. The van der Waals surface area contributed by atoms with Crippen LogP contribution in [0.3, 0.4) is 0 Å². The Bertz CT molecular complexity index is 799. The zero-order chi connectivity index (χ0) is 15.8. The Morgan fingerprint density at radius 1 is 1.17 bits per heavy atom. The van der Waals surface area contributed by atoms with Crippen molar-refractivity contribution in [2.75, 3.05) is 19.8 Å². The number of ether oxygens (including phenoxy) is 1. The first kappa shape index (κ1) is 14.2. The van der Waals surface area contributed by atoms with Gasteiger partial charge in [-0.05, 0) is 36.5 Å². The minimum Gasteiger partial charge on any atom is -0.381 e. The summed E-state index contributed by atoms with van der Waals surface area (Å²) in [7, 11) is 0. The van der Waals surface area contributed by atoms with Gasteiger partial charge < -0.3 is 9.72 Å². The molecule has 1 N–H and O–H groups in total. The Balaban J connectivity index is 1.61. The molecule has 2 aliphatic heterocycles. The van der Waals surface area contributed by atoms with Crippen molar-refractivity contribution in [3.05, 3.63) is 42.1 Å². The molecule has 5 heteroatoms. The minimum atomic E-state index is -0.205. The zero-order valence-corrected chi connectivity index (χ0v) is 12.7. The van der Waals surface area contributed by atoms with Gasteiger partial charge in [-0.3, -0.25) is 14.5 Å². The third kappa shape index (κ3) is 2.47. The molecule has 2 amide bonds. The van der Waals surface area contributed by atoms with Crippen LogP contribution >= 0.6 is 0 Å². The van der Waals surface area contributed by atoms with Crippen LogP contribution in [0.4, 0.5) is 0 Å². The van der Waals surface area contributed by atoms with Gasteiger partial charge in [-0.15, -0.1) is 0 Å². The molecule has 1 aromatic carbocycles. The lowest BCUT2D eigenvalue weighted by Crippen LogP contribution is -2.37. The lowest BCUT2D eigenvalue weighted by atomic mass is 9.99. The Kier molecular flexibility index (Phi) is 3.50. The highest BCUT2D eigenvalue weighted by molar-refractivity contribution is 6.34. The van der Waals surface area contributed by atoms with Crippen molar-refractivity contribution in [3.63, 3.8) is 0 Å². The normalized spacial score (nSPS) is 19.7. The van der Waals surface area contributed by atoms with E-state index in [1.54, 1.807) is 0 Å². The fourth-order valence-electron chi connectivity index (χ4n) is 3.38. The van der Waals surface area contributed by atoms with E-state index < -0.39 is 0 Å². The molecule has 1 aromatic heterocycles. The fourth-order valence-corrected chi connectivity index (χ4v) is 3.38. The van der Waals surface area contributed by atoms with E-state index in [0.29, 0.717) is 31.2 Å². The Morgan fingerprint density at radius 3 is 2.83 bits per heavy atom. The largest absolute Gasteiger partial charge is 0.381 e. The molecule has 0 saturated carbocycles. The monoisotopic (exact) mass is 310 g/mol. The van der Waals surface area contributed by atoms with Gasteiger partial charge in [-0.25, -0.2) is 0 Å². The molecule has 2 aromatic rings. The number of hydrogen-bond acceptors (Lipinski definition) is 3. The number of nitrogens with zero attached hydrogens (tertiary/aromatic N) is 1. The molecule has 1 fully saturated rings. The number of H-pyrrole nitrogens is 1. The number of imide groups is 1. The van der Waals surface area contributed by atoms with Crippen molar-refractivity contribution in [2.45, 2.75) is 12.8 Å². The predicted octanol–water partition coefficient (Wildman–Crippen LogP) is 2.35. The molecule has 0 unspecified atom stereocenters. The average Bonchev–Trinajstić information content (AvgIpc) is 3.15. The van der Waals surface area contributed by atoms with E-state index in [0.717, 1.165) is 29.3 Å². The van der Waals surface area contributed by atoms with Gasteiger partial charge in [0.15, 0.2) is 0 Å². The topological polar surface area (TPSA) is 62.4 Å². The van der Waals surface area contributed by atoms with Gasteiger partial charge >= 0.3 is 0 Å². The Labute approximate surface area is 133 Å². The lowest BCUT2D eigenvalue weighted by Gasteiger charge is -2.26. The molecule has 4 rings (SSSR count). The van der Waals surface area contributed by atoms with Crippen LogP contribution in [0, 0.1) is 5.92 Å². The molecule has 3 heterocycles. The molecule has 0 bridgehead atoms. The second-order valence-electron chi connectivity index (χ2n) is 6.11. The highest BCUT2D eigenvalue weighted by Gasteiger charge is 2.34. The van der Waals surface area contributed by atoms with Gasteiger partial charge in [-0.1, -0.05) is 12.1 Å². The molecular formula is C18H18N2O3. The molecule has 0 spiro atoms. The van der Waals surface area contributed by atoms with Crippen LogP contribution in [-0.4, -0.2) is 41.5 Å². The number of rotatable bonds is 3. The van der Waals surface area contributed by atoms with E-state index in [1.807, 2.05) is 30.5 Å². The SMILES string of the molecule is O=C1C=C(c2cccc3[nH]ccc23)C(=O)N1CC1CCOCC1. The minimum absolute atomic E-state index is 0.185. The lowest BCUT2D eigenvalue weighted by molar-refractivity contribution is -0.137. The summed E-state index contributed by atoms with van der Waals surface area (Å²) in [5, 5.41) is 0.966. The molecule has 0 radical (unpaired) electrons. The number of nitrogens with one attached hydrogen (secondary N) is 1. The van der Waals surface area contributed by atoms with E-state index in [4.69, 9.17) is 4.74 Å². The van der Waals surface area contributed by atoms with E-state index >= 15 is 0 Å². The first-order valence-corrected chi connectivity index (χ1v) is 7.96. The van der Waals surface area contributed by atoms with Gasteiger partial charge in [0.05, 0.1) is 5.57 Å². The Hall–Kier alpha value is -2.40. The number of carbonyl (C=O) groups is 2. The van der Waals surface area contributed by atoms with Gasteiger partial charge in [0, 0.05) is 42.9 Å². The summed E-state index contributed by atoms with van der Waals surface area (Å²) in [6, 6.07) is 7.68. The van der Waals surface area contributed by atoms with Crippen LogP contribution in [0.2, 0.25) is 0 Å². The fraction of sp³-hybridized carbons (Fsp3) is 0.333. The number of carbonyl (C=O) groups excluding carboxylic acids is 2. The highest BCUT2D eigenvalue weighted by Crippen LogP contribution is 2.30. The maximum atomic E-state index is 12.8. The van der Waals surface area contributed by atoms with Crippen molar-refractivity contribution in [1.82, 2.24) is 9.88 Å². The summed E-state index contributed by atoms with van der Waals surface area (Å²) in [6.45, 7) is 1.91. The maximum absolute atomic E-state index is 12.8. The van der Waals surface area contributed by atoms with Gasteiger partial charge in [-0.2, -0.15) is 0 Å². The smallest absolute Gasteiger partial charge is 0.261 e. The van der Waals surface area contributed by atoms with Crippen LogP contribution in [0.25, 0.3) is 16.5 Å². The first-order chi connectivity index (χ1) is 11.2. The Morgan fingerprint density at radius 2 is 2.00 bits per heavy atom. The first-order valence-electron chi connectivity index (χ1n) is 7.96. The van der Waals surface area contributed by atoms with Crippen molar-refractivity contribution in [2.24, 2.45) is 5.92 Å². The zero-order valence-electron chi connectivity index (χ0n) is 12.7. The van der Waals surface area contributed by atoms with E-state index in [2.05, 4.69) is 4.98 Å². The molecule has 5 nitrogen and oxygen atoms in total. The van der Waals surface area contributed by atoms with Gasteiger partial charge in [0.1, 0.15) is 0 Å². The molecular weight excluding hydrogens is 292 g/mol. The molecule has 2 aliphatic rings.